The highest BCUT2D eigenvalue weighted by Gasteiger charge is 2.08. The van der Waals surface area contributed by atoms with Gasteiger partial charge in [0.15, 0.2) is 11.9 Å². The third-order valence-electron chi connectivity index (χ3n) is 1.62. The highest BCUT2D eigenvalue weighted by molar-refractivity contribution is 5.95. The Labute approximate surface area is 79.3 Å². The van der Waals surface area contributed by atoms with E-state index in [4.69, 9.17) is 16.9 Å². The molecule has 0 unspecified atom stereocenters. The first-order chi connectivity index (χ1) is 6.13. The van der Waals surface area contributed by atoms with Crippen molar-refractivity contribution in [3.63, 3.8) is 0 Å². The smallest absolute Gasteiger partial charge is 0.198 e. The van der Waals surface area contributed by atoms with E-state index in [2.05, 4.69) is 11.9 Å². The summed E-state index contributed by atoms with van der Waals surface area (Å²) in [5.41, 5.74) is 11.0. The molecule has 0 aromatic heterocycles. The van der Waals surface area contributed by atoms with Crippen LogP contribution in [0.1, 0.15) is 26.7 Å². The molecule has 0 heterocycles. The first-order valence-corrected chi connectivity index (χ1v) is 4.54. The zero-order valence-corrected chi connectivity index (χ0v) is 8.38. The van der Waals surface area contributed by atoms with Crippen LogP contribution < -0.4 is 11.5 Å². The van der Waals surface area contributed by atoms with E-state index >= 15 is 0 Å². The van der Waals surface area contributed by atoms with Gasteiger partial charge in [-0.25, -0.2) is 0 Å². The molecule has 76 valence electrons. The van der Waals surface area contributed by atoms with Crippen molar-refractivity contribution in [2.24, 2.45) is 16.5 Å². The molecule has 5 heteroatoms. The summed E-state index contributed by atoms with van der Waals surface area (Å²) in [4.78, 5) is 5.52. The quantitative estimate of drug-likeness (QED) is 0.435. The maximum Gasteiger partial charge on any atom is 0.198 e. The molecule has 0 aliphatic heterocycles. The Kier molecular flexibility index (Phi) is 5.67. The molecule has 0 rings (SSSR count). The molecule has 5 N–H and O–H groups in total. The van der Waals surface area contributed by atoms with Gasteiger partial charge in [0.1, 0.15) is 0 Å². The Hall–Kier alpha value is -1.26. The van der Waals surface area contributed by atoms with Crippen LogP contribution in [-0.4, -0.2) is 29.9 Å². The van der Waals surface area contributed by atoms with Gasteiger partial charge in [-0.2, -0.15) is 0 Å². The minimum absolute atomic E-state index is 0.0387. The minimum Gasteiger partial charge on any atom is -0.370 e. The summed E-state index contributed by atoms with van der Waals surface area (Å²) in [5.74, 6) is 0.298. The molecule has 5 nitrogen and oxygen atoms in total. The fourth-order valence-electron chi connectivity index (χ4n) is 0.922. The highest BCUT2D eigenvalue weighted by atomic mass is 15.3. The number of nitrogens with zero attached hydrogens (tertiary/aromatic N) is 2. The maximum absolute atomic E-state index is 7.28. The lowest BCUT2D eigenvalue weighted by atomic mass is 10.3. The molecule has 0 atom stereocenters. The van der Waals surface area contributed by atoms with E-state index in [1.807, 2.05) is 6.92 Å². The number of hydrogen-bond donors (Lipinski definition) is 3. The largest absolute Gasteiger partial charge is 0.370 e. The first kappa shape index (κ1) is 11.7. The molecule has 0 bridgehead atoms. The van der Waals surface area contributed by atoms with Gasteiger partial charge >= 0.3 is 0 Å². The summed E-state index contributed by atoms with van der Waals surface area (Å²) in [6, 6.07) is 0. The van der Waals surface area contributed by atoms with E-state index in [0.29, 0.717) is 19.0 Å². The summed E-state index contributed by atoms with van der Waals surface area (Å²) in [5, 5.41) is 7.28. The molecule has 0 aliphatic rings. The lowest BCUT2D eigenvalue weighted by Gasteiger charge is -2.20. The maximum atomic E-state index is 7.28. The number of nitrogens with two attached hydrogens (primary N) is 2. The van der Waals surface area contributed by atoms with Crippen molar-refractivity contribution >= 4 is 11.9 Å². The SMILES string of the molecule is CCCCN(C(=N)N)C(N)=NCC. The standard InChI is InChI=1S/C8H19N5/c1-3-5-6-13(7(9)10)8(11)12-4-2/h3-6H2,1-2H3,(H3,9,10)(H2,11,12). The number of hydrogen-bond acceptors (Lipinski definition) is 2. The van der Waals surface area contributed by atoms with E-state index in [1.54, 1.807) is 0 Å². The van der Waals surface area contributed by atoms with Gasteiger partial charge < -0.3 is 11.5 Å². The van der Waals surface area contributed by atoms with Gasteiger partial charge in [0.2, 0.25) is 0 Å². The van der Waals surface area contributed by atoms with E-state index in [0.717, 1.165) is 12.8 Å². The van der Waals surface area contributed by atoms with Gasteiger partial charge in [0.25, 0.3) is 0 Å². The van der Waals surface area contributed by atoms with Gasteiger partial charge in [-0.05, 0) is 13.3 Å². The molecule has 0 spiro atoms. The van der Waals surface area contributed by atoms with Crippen LogP contribution in [0.4, 0.5) is 0 Å². The van der Waals surface area contributed by atoms with Crippen molar-refractivity contribution in [3.05, 3.63) is 0 Å². The lowest BCUT2D eigenvalue weighted by Crippen LogP contribution is -2.46. The molecule has 0 amide bonds. The first-order valence-electron chi connectivity index (χ1n) is 4.54. The van der Waals surface area contributed by atoms with Crippen LogP contribution in [0.5, 0.6) is 0 Å². The van der Waals surface area contributed by atoms with Crippen LogP contribution in [0, 0.1) is 5.41 Å². The average molecular weight is 185 g/mol. The van der Waals surface area contributed by atoms with Crippen molar-refractivity contribution in [2.75, 3.05) is 13.1 Å². The van der Waals surface area contributed by atoms with Crippen LogP contribution >= 0.6 is 0 Å². The van der Waals surface area contributed by atoms with E-state index in [1.165, 1.54) is 4.90 Å². The third-order valence-corrected chi connectivity index (χ3v) is 1.62. The Morgan fingerprint density at radius 1 is 1.38 bits per heavy atom. The second-order valence-electron chi connectivity index (χ2n) is 2.72. The summed E-state index contributed by atoms with van der Waals surface area (Å²) in [6.45, 7) is 5.25. The van der Waals surface area contributed by atoms with Crippen LogP contribution in [0.25, 0.3) is 0 Å². The molecule has 0 saturated carbocycles. The van der Waals surface area contributed by atoms with Crippen molar-refractivity contribution in [1.29, 1.82) is 5.41 Å². The van der Waals surface area contributed by atoms with Crippen LogP contribution in [0.15, 0.2) is 4.99 Å². The van der Waals surface area contributed by atoms with Gasteiger partial charge in [0.05, 0.1) is 0 Å². The number of nitrogens with one attached hydrogen (secondary N) is 1. The van der Waals surface area contributed by atoms with Crippen molar-refractivity contribution < 1.29 is 0 Å². The summed E-state index contributed by atoms with van der Waals surface area (Å²) < 4.78 is 0. The topological polar surface area (TPSA) is 91.5 Å². The molecular weight excluding hydrogens is 166 g/mol. The van der Waals surface area contributed by atoms with Gasteiger partial charge in [0, 0.05) is 13.1 Å². The molecule has 0 radical (unpaired) electrons. The molecule has 0 aliphatic carbocycles. The zero-order valence-electron chi connectivity index (χ0n) is 8.38. The molecule has 0 saturated heterocycles. The number of rotatable bonds is 4. The third kappa shape index (κ3) is 4.35. The van der Waals surface area contributed by atoms with E-state index in [9.17, 15) is 0 Å². The lowest BCUT2D eigenvalue weighted by molar-refractivity contribution is 0.552. The predicted molar refractivity (Wildman–Crippen MR) is 55.7 cm³/mol. The minimum atomic E-state index is -0.0387. The van der Waals surface area contributed by atoms with Crippen molar-refractivity contribution in [3.8, 4) is 0 Å². The van der Waals surface area contributed by atoms with Crippen LogP contribution in [0.3, 0.4) is 0 Å². The fourth-order valence-corrected chi connectivity index (χ4v) is 0.922. The second kappa shape index (κ2) is 6.28. The normalized spacial score (nSPS) is 11.4. The van der Waals surface area contributed by atoms with E-state index < -0.39 is 0 Å². The molecule has 0 fully saturated rings. The summed E-state index contributed by atoms with van der Waals surface area (Å²) >= 11 is 0. The molecule has 0 aromatic rings. The Bertz CT molecular complexity index is 187. The molecule has 0 aromatic carbocycles. The Morgan fingerprint density at radius 3 is 2.38 bits per heavy atom. The Balaban J connectivity index is 4.24. The van der Waals surface area contributed by atoms with Crippen LogP contribution in [0.2, 0.25) is 0 Å². The van der Waals surface area contributed by atoms with Crippen LogP contribution in [-0.2, 0) is 0 Å². The monoisotopic (exact) mass is 185 g/mol. The van der Waals surface area contributed by atoms with E-state index in [-0.39, 0.29) is 5.96 Å². The molecule has 13 heavy (non-hydrogen) atoms. The second-order valence-corrected chi connectivity index (χ2v) is 2.72. The van der Waals surface area contributed by atoms with Crippen molar-refractivity contribution in [2.45, 2.75) is 26.7 Å². The van der Waals surface area contributed by atoms with Gasteiger partial charge in [-0.1, -0.05) is 13.3 Å². The fraction of sp³-hybridized carbons (Fsp3) is 0.750. The number of guanidine groups is 2. The summed E-state index contributed by atoms with van der Waals surface area (Å²) in [7, 11) is 0. The number of aliphatic imine (C=N–C) groups is 1. The van der Waals surface area contributed by atoms with Crippen molar-refractivity contribution in [1.82, 2.24) is 4.90 Å². The van der Waals surface area contributed by atoms with Gasteiger partial charge in [-0.15, -0.1) is 0 Å². The number of unbranched alkanes of at least 4 members (excludes halogenated alkanes) is 1. The zero-order chi connectivity index (χ0) is 10.3. The Morgan fingerprint density at radius 2 is 2.00 bits per heavy atom. The molecular formula is C8H19N5. The summed E-state index contributed by atoms with van der Waals surface area (Å²) in [6.07, 6.45) is 2.00. The predicted octanol–water partition coefficient (Wildman–Crippen LogP) is 0.317. The highest BCUT2D eigenvalue weighted by Crippen LogP contribution is 1.93. The average Bonchev–Trinajstić information content (AvgIpc) is 2.05. The van der Waals surface area contributed by atoms with Gasteiger partial charge in [-0.3, -0.25) is 15.3 Å².